The van der Waals surface area contributed by atoms with Crippen LogP contribution in [0.1, 0.15) is 24.6 Å². The molecule has 0 aliphatic carbocycles. The van der Waals surface area contributed by atoms with Crippen LogP contribution in [0.25, 0.3) is 11.5 Å². The lowest BCUT2D eigenvalue weighted by Crippen LogP contribution is -2.28. The van der Waals surface area contributed by atoms with Gasteiger partial charge in [0.1, 0.15) is 0 Å². The van der Waals surface area contributed by atoms with Gasteiger partial charge in [-0.1, -0.05) is 5.16 Å². The number of hydrogen-bond acceptors (Lipinski definition) is 5. The Morgan fingerprint density at radius 2 is 2.47 bits per heavy atom. The normalized spacial score (nSPS) is 20.6. The number of thiophene rings is 1. The summed E-state index contributed by atoms with van der Waals surface area (Å²) in [5.41, 5.74) is 1.03. The highest BCUT2D eigenvalue weighted by atomic mass is 127. The maximum absolute atomic E-state index is 5.33. The zero-order chi connectivity index (χ0) is 11.7. The Bertz CT molecular complexity index is 504. The highest BCUT2D eigenvalue weighted by molar-refractivity contribution is 14.1. The largest absolute Gasteiger partial charge is 0.334 e. The Balaban J connectivity index is 1.82. The highest BCUT2D eigenvalue weighted by Gasteiger charge is 2.21. The van der Waals surface area contributed by atoms with E-state index in [1.807, 2.05) is 0 Å². The summed E-state index contributed by atoms with van der Waals surface area (Å²) >= 11 is 3.99. The topological polar surface area (TPSA) is 51.0 Å². The second kappa shape index (κ2) is 5.03. The Labute approximate surface area is 117 Å². The molecule has 1 unspecified atom stereocenters. The van der Waals surface area contributed by atoms with E-state index in [0.29, 0.717) is 11.8 Å². The molecule has 1 aliphatic heterocycles. The fraction of sp³-hybridized carbons (Fsp3) is 0.455. The van der Waals surface area contributed by atoms with Gasteiger partial charge in [-0.2, -0.15) is 4.98 Å². The van der Waals surface area contributed by atoms with E-state index < -0.39 is 0 Å². The van der Waals surface area contributed by atoms with Gasteiger partial charge in [-0.05, 0) is 48.0 Å². The van der Waals surface area contributed by atoms with Crippen LogP contribution in [0.3, 0.4) is 0 Å². The average molecular weight is 361 g/mol. The standard InChI is InChI=1S/C11H12IN3OS/c12-9-4-8(6-17-9)11-14-10(15-16-11)7-2-1-3-13-5-7/h4,6-7,13H,1-3,5H2. The smallest absolute Gasteiger partial charge is 0.258 e. The van der Waals surface area contributed by atoms with Crippen molar-refractivity contribution in [1.82, 2.24) is 15.5 Å². The summed E-state index contributed by atoms with van der Waals surface area (Å²) in [5.74, 6) is 1.89. The third kappa shape index (κ3) is 2.53. The molecule has 0 spiro atoms. The Kier molecular flexibility index (Phi) is 3.44. The van der Waals surface area contributed by atoms with E-state index in [-0.39, 0.29) is 0 Å². The molecule has 1 N–H and O–H groups in total. The summed E-state index contributed by atoms with van der Waals surface area (Å²) in [6, 6.07) is 2.07. The van der Waals surface area contributed by atoms with Crippen molar-refractivity contribution in [2.75, 3.05) is 13.1 Å². The molecule has 0 aromatic carbocycles. The Morgan fingerprint density at radius 1 is 1.53 bits per heavy atom. The first-order chi connectivity index (χ1) is 8.33. The van der Waals surface area contributed by atoms with Gasteiger partial charge < -0.3 is 9.84 Å². The number of rotatable bonds is 2. The molecule has 2 aromatic rings. The van der Waals surface area contributed by atoms with Gasteiger partial charge in [-0.3, -0.25) is 0 Å². The van der Waals surface area contributed by atoms with Gasteiger partial charge in [0, 0.05) is 17.8 Å². The van der Waals surface area contributed by atoms with Crippen LogP contribution in [0.4, 0.5) is 0 Å². The minimum absolute atomic E-state index is 0.402. The summed E-state index contributed by atoms with van der Waals surface area (Å²) in [6.45, 7) is 2.06. The lowest BCUT2D eigenvalue weighted by atomic mass is 9.99. The molecule has 1 saturated heterocycles. The third-order valence-corrected chi connectivity index (χ3v) is 4.71. The number of halogens is 1. The molecule has 2 aromatic heterocycles. The molecule has 17 heavy (non-hydrogen) atoms. The molecule has 6 heteroatoms. The average Bonchev–Trinajstić information content (AvgIpc) is 2.98. The van der Waals surface area contributed by atoms with Crippen LogP contribution in [0, 0.1) is 2.88 Å². The van der Waals surface area contributed by atoms with Crippen molar-refractivity contribution in [1.29, 1.82) is 0 Å². The van der Waals surface area contributed by atoms with Crippen LogP contribution >= 0.6 is 33.9 Å². The van der Waals surface area contributed by atoms with Crippen LogP contribution in [-0.2, 0) is 0 Å². The van der Waals surface area contributed by atoms with Crippen LogP contribution in [0.2, 0.25) is 0 Å². The van der Waals surface area contributed by atoms with Gasteiger partial charge in [0.05, 0.1) is 8.45 Å². The van der Waals surface area contributed by atoms with Crippen LogP contribution in [0.5, 0.6) is 0 Å². The van der Waals surface area contributed by atoms with E-state index in [0.717, 1.165) is 30.9 Å². The predicted molar refractivity (Wildman–Crippen MR) is 75.2 cm³/mol. The molecule has 1 atom stereocenters. The minimum atomic E-state index is 0.402. The lowest BCUT2D eigenvalue weighted by molar-refractivity contribution is 0.393. The minimum Gasteiger partial charge on any atom is -0.334 e. The third-order valence-electron chi connectivity index (χ3n) is 2.92. The van der Waals surface area contributed by atoms with Crippen molar-refractivity contribution < 1.29 is 4.52 Å². The fourth-order valence-electron chi connectivity index (χ4n) is 2.01. The number of piperidine rings is 1. The summed E-state index contributed by atoms with van der Waals surface area (Å²) in [4.78, 5) is 4.50. The van der Waals surface area contributed by atoms with Gasteiger partial charge in [0.25, 0.3) is 5.89 Å². The van der Waals surface area contributed by atoms with Crippen LogP contribution in [-0.4, -0.2) is 23.2 Å². The number of aromatic nitrogens is 2. The van der Waals surface area contributed by atoms with E-state index in [1.165, 1.54) is 9.30 Å². The highest BCUT2D eigenvalue weighted by Crippen LogP contribution is 2.27. The maximum atomic E-state index is 5.33. The second-order valence-electron chi connectivity index (χ2n) is 4.14. The molecular formula is C11H12IN3OS. The number of nitrogens with zero attached hydrogens (tertiary/aromatic N) is 2. The second-order valence-corrected chi connectivity index (χ2v) is 6.95. The molecule has 3 rings (SSSR count). The maximum Gasteiger partial charge on any atom is 0.258 e. The molecule has 1 aliphatic rings. The van der Waals surface area contributed by atoms with Gasteiger partial charge in [-0.15, -0.1) is 11.3 Å². The molecule has 0 bridgehead atoms. The Hall–Kier alpha value is -0.470. The molecule has 0 radical (unpaired) electrons. The van der Waals surface area contributed by atoms with Crippen molar-refractivity contribution in [3.05, 3.63) is 20.2 Å². The van der Waals surface area contributed by atoms with Crippen molar-refractivity contribution in [3.8, 4) is 11.5 Å². The zero-order valence-corrected chi connectivity index (χ0v) is 12.1. The first kappa shape index (κ1) is 11.6. The number of nitrogens with one attached hydrogen (secondary N) is 1. The van der Waals surface area contributed by atoms with Crippen molar-refractivity contribution in [2.45, 2.75) is 18.8 Å². The van der Waals surface area contributed by atoms with Crippen molar-refractivity contribution in [2.24, 2.45) is 0 Å². The quantitative estimate of drug-likeness (QED) is 0.836. The molecule has 0 saturated carbocycles. The predicted octanol–water partition coefficient (Wildman–Crippen LogP) is 2.87. The van der Waals surface area contributed by atoms with Crippen molar-refractivity contribution >= 4 is 33.9 Å². The first-order valence-corrected chi connectivity index (χ1v) is 7.57. The summed E-state index contributed by atoms with van der Waals surface area (Å²) in [6.07, 6.45) is 2.33. The van der Waals surface area contributed by atoms with Gasteiger partial charge >= 0.3 is 0 Å². The summed E-state index contributed by atoms with van der Waals surface area (Å²) in [7, 11) is 0. The molecule has 4 nitrogen and oxygen atoms in total. The van der Waals surface area contributed by atoms with E-state index in [4.69, 9.17) is 4.52 Å². The molecule has 0 amide bonds. The molecule has 90 valence electrons. The van der Waals surface area contributed by atoms with Crippen molar-refractivity contribution in [3.63, 3.8) is 0 Å². The van der Waals surface area contributed by atoms with E-state index >= 15 is 0 Å². The van der Waals surface area contributed by atoms with Gasteiger partial charge in [0.2, 0.25) is 0 Å². The first-order valence-electron chi connectivity index (χ1n) is 5.61. The van der Waals surface area contributed by atoms with Crippen LogP contribution in [0.15, 0.2) is 16.0 Å². The van der Waals surface area contributed by atoms with E-state index in [2.05, 4.69) is 49.5 Å². The molecule has 3 heterocycles. The molecule has 1 fully saturated rings. The lowest BCUT2D eigenvalue weighted by Gasteiger charge is -2.19. The fourth-order valence-corrected chi connectivity index (χ4v) is 3.33. The summed E-state index contributed by atoms with van der Waals surface area (Å²) in [5, 5.41) is 9.52. The van der Waals surface area contributed by atoms with Gasteiger partial charge in [-0.25, -0.2) is 0 Å². The summed E-state index contributed by atoms with van der Waals surface area (Å²) < 4.78 is 6.56. The number of hydrogen-bond donors (Lipinski definition) is 1. The Morgan fingerprint density at radius 3 is 3.18 bits per heavy atom. The SMILES string of the molecule is Ic1cc(-c2nc(C3CCCNC3)no2)cs1. The van der Waals surface area contributed by atoms with E-state index in [9.17, 15) is 0 Å². The monoisotopic (exact) mass is 361 g/mol. The molecular weight excluding hydrogens is 349 g/mol. The van der Waals surface area contributed by atoms with Crippen LogP contribution < -0.4 is 5.32 Å². The van der Waals surface area contributed by atoms with E-state index in [1.54, 1.807) is 11.3 Å². The zero-order valence-electron chi connectivity index (χ0n) is 9.15. The van der Waals surface area contributed by atoms with Gasteiger partial charge in [0.15, 0.2) is 5.82 Å².